The maximum atomic E-state index is 13.4. The summed E-state index contributed by atoms with van der Waals surface area (Å²) in [6.07, 6.45) is 0. The van der Waals surface area contributed by atoms with Gasteiger partial charge in [-0.1, -0.05) is 111 Å². The third kappa shape index (κ3) is 7.03. The van der Waals surface area contributed by atoms with Crippen molar-refractivity contribution in [1.82, 2.24) is 0 Å². The molecule has 4 heteroatoms. The number of hydrogen-bond donors (Lipinski definition) is 0. The Bertz CT molecular complexity index is 1150. The number of hydrogen-bond acceptors (Lipinski definition) is 2. The lowest BCUT2D eigenvalue weighted by Gasteiger charge is -2.23. The molecule has 0 bridgehead atoms. The van der Waals surface area contributed by atoms with Gasteiger partial charge in [0.1, 0.15) is 5.75 Å². The van der Waals surface area contributed by atoms with E-state index in [2.05, 4.69) is 99.2 Å². The van der Waals surface area contributed by atoms with Crippen molar-refractivity contribution in [2.45, 2.75) is 46.2 Å². The molecule has 0 N–H and O–H groups in total. The highest BCUT2D eigenvalue weighted by molar-refractivity contribution is 6.82. The predicted octanol–water partition coefficient (Wildman–Crippen LogP) is 8.52. The average molecular weight is 499 g/mol. The number of methoxy groups -OCH3 is 1. The van der Waals surface area contributed by atoms with Crippen LogP contribution in [0.4, 0.5) is 0 Å². The molecular weight excluding hydrogens is 461 g/mol. The van der Waals surface area contributed by atoms with Gasteiger partial charge in [0.2, 0.25) is 0 Å². The van der Waals surface area contributed by atoms with Gasteiger partial charge in [-0.15, -0.1) is 0 Å². The Morgan fingerprint density at radius 2 is 1.06 bits per heavy atom. The van der Waals surface area contributed by atoms with E-state index in [4.69, 9.17) is 4.74 Å². The minimum absolute atomic E-state index is 0.0625. The number of benzene rings is 3. The van der Waals surface area contributed by atoms with Gasteiger partial charge in [0.15, 0.2) is 5.78 Å². The van der Waals surface area contributed by atoms with E-state index in [0.29, 0.717) is 0 Å². The lowest BCUT2D eigenvalue weighted by atomic mass is 9.86. The van der Waals surface area contributed by atoms with Crippen LogP contribution in [0, 0.1) is 0 Å². The summed E-state index contributed by atoms with van der Waals surface area (Å²) in [7, 11) is -1.58. The molecule has 3 aromatic rings. The monoisotopic (exact) mass is 498 g/mol. The molecule has 0 aliphatic heterocycles. The van der Waals surface area contributed by atoms with Crippen LogP contribution in [0.25, 0.3) is 11.1 Å². The Balaban J connectivity index is 2.48. The fourth-order valence-electron chi connectivity index (χ4n) is 4.27. The van der Waals surface area contributed by atoms with Crippen LogP contribution in [0.1, 0.15) is 39.5 Å². The summed E-state index contributed by atoms with van der Waals surface area (Å²) < 4.78 is 5.82. The Kier molecular flexibility index (Phi) is 8.19. The number of rotatable bonds is 8. The summed E-state index contributed by atoms with van der Waals surface area (Å²) in [6, 6.07) is 24.9. The summed E-state index contributed by atoms with van der Waals surface area (Å²) in [4.78, 5) is 13.4. The Morgan fingerprint density at radius 3 is 1.34 bits per heavy atom. The number of ketones is 1. The quantitative estimate of drug-likeness (QED) is 0.230. The van der Waals surface area contributed by atoms with Crippen molar-refractivity contribution in [3.05, 3.63) is 112 Å². The maximum absolute atomic E-state index is 13.4. The minimum Gasteiger partial charge on any atom is -0.497 e. The molecule has 0 aliphatic carbocycles. The number of carbonyl (C=O) groups excluding carboxylic acids is 1. The molecule has 0 unspecified atom stereocenters. The zero-order chi connectivity index (χ0) is 25.8. The molecule has 182 valence electrons. The summed E-state index contributed by atoms with van der Waals surface area (Å²) in [5.41, 5.74) is 11.9. The maximum Gasteiger partial charge on any atom is 0.161 e. The summed E-state index contributed by atoms with van der Waals surface area (Å²) in [5.74, 6) is 0.822. The highest BCUT2D eigenvalue weighted by atomic mass is 28.3. The van der Waals surface area contributed by atoms with Crippen molar-refractivity contribution < 1.29 is 9.53 Å². The lowest BCUT2D eigenvalue weighted by Crippen LogP contribution is -2.19. The van der Waals surface area contributed by atoms with E-state index in [1.54, 1.807) is 14.0 Å². The molecule has 0 saturated carbocycles. The van der Waals surface area contributed by atoms with Crippen LogP contribution < -0.4 is 4.74 Å². The molecular formula is C31H38O2Si2. The van der Waals surface area contributed by atoms with Gasteiger partial charge in [0, 0.05) is 5.56 Å². The molecule has 0 aliphatic rings. The largest absolute Gasteiger partial charge is 0.497 e. The zero-order valence-corrected chi connectivity index (χ0v) is 24.4. The van der Waals surface area contributed by atoms with Crippen LogP contribution in [0.3, 0.4) is 0 Å². The smallest absolute Gasteiger partial charge is 0.161 e. The van der Waals surface area contributed by atoms with Gasteiger partial charge in [-0.25, -0.2) is 0 Å². The second-order valence-electron chi connectivity index (χ2n) is 11.2. The number of ether oxygens (including phenoxy) is 1. The second-order valence-corrected chi connectivity index (χ2v) is 21.3. The molecule has 0 spiro atoms. The molecule has 0 radical (unpaired) electrons. The fourth-order valence-corrected chi connectivity index (χ4v) is 6.65. The van der Waals surface area contributed by atoms with Gasteiger partial charge in [0.25, 0.3) is 0 Å². The van der Waals surface area contributed by atoms with E-state index in [9.17, 15) is 4.79 Å². The lowest BCUT2D eigenvalue weighted by molar-refractivity contribution is 0.101. The molecule has 2 nitrogen and oxygen atoms in total. The van der Waals surface area contributed by atoms with Crippen molar-refractivity contribution >= 4 is 33.1 Å². The molecule has 0 fully saturated rings. The first-order valence-corrected chi connectivity index (χ1v) is 19.4. The topological polar surface area (TPSA) is 26.3 Å². The van der Waals surface area contributed by atoms with Gasteiger partial charge in [-0.3, -0.25) is 4.79 Å². The molecule has 0 heterocycles. The normalized spacial score (nSPS) is 13.0. The molecule has 35 heavy (non-hydrogen) atoms. The van der Waals surface area contributed by atoms with Crippen molar-refractivity contribution in [3.63, 3.8) is 0 Å². The van der Waals surface area contributed by atoms with E-state index in [-0.39, 0.29) is 5.78 Å². The highest BCUT2D eigenvalue weighted by Gasteiger charge is 2.25. The molecule has 0 atom stereocenters. The van der Waals surface area contributed by atoms with Crippen LogP contribution in [-0.4, -0.2) is 29.0 Å². The van der Waals surface area contributed by atoms with Crippen molar-refractivity contribution in [2.75, 3.05) is 7.11 Å². The van der Waals surface area contributed by atoms with Crippen molar-refractivity contribution in [3.8, 4) is 5.75 Å². The minimum atomic E-state index is -1.64. The van der Waals surface area contributed by atoms with Crippen LogP contribution in [0.2, 0.25) is 39.3 Å². The third-order valence-corrected chi connectivity index (χ3v) is 7.91. The first kappa shape index (κ1) is 26.6. The first-order valence-electron chi connectivity index (χ1n) is 12.2. The van der Waals surface area contributed by atoms with Gasteiger partial charge in [0.05, 0.1) is 23.3 Å². The number of carbonyl (C=O) groups is 1. The predicted molar refractivity (Wildman–Crippen MR) is 157 cm³/mol. The summed E-state index contributed by atoms with van der Waals surface area (Å²) >= 11 is 0. The average Bonchev–Trinajstić information content (AvgIpc) is 2.80. The van der Waals surface area contributed by atoms with E-state index in [1.807, 2.05) is 24.3 Å². The van der Waals surface area contributed by atoms with E-state index in [1.165, 1.54) is 0 Å². The Labute approximate surface area is 213 Å². The third-order valence-electron chi connectivity index (χ3n) is 5.60. The molecule has 3 aromatic carbocycles. The van der Waals surface area contributed by atoms with Crippen LogP contribution >= 0.6 is 0 Å². The molecule has 3 rings (SSSR count). The Morgan fingerprint density at radius 1 is 0.686 bits per heavy atom. The highest BCUT2D eigenvalue weighted by Crippen LogP contribution is 2.38. The zero-order valence-electron chi connectivity index (χ0n) is 22.4. The van der Waals surface area contributed by atoms with Gasteiger partial charge in [-0.05, 0) is 52.5 Å². The molecule has 0 saturated heterocycles. The summed E-state index contributed by atoms with van der Waals surface area (Å²) in [5, 5.41) is 0. The SMILES string of the molecule is COc1cc(/C(=C/[Si](C)(C)C)c2ccccc2)c(C(C)=O)c(/C(=C/[Si](C)(C)C)c2ccccc2)c1. The fraction of sp³-hybridized carbons (Fsp3) is 0.258. The molecule has 0 aromatic heterocycles. The van der Waals surface area contributed by atoms with Gasteiger partial charge >= 0.3 is 0 Å². The number of Topliss-reactive ketones (excluding diaryl/α,β-unsaturated/α-hetero) is 1. The first-order chi connectivity index (χ1) is 16.4. The van der Waals surface area contributed by atoms with Gasteiger partial charge in [-0.2, -0.15) is 0 Å². The van der Waals surface area contributed by atoms with Crippen molar-refractivity contribution in [1.29, 1.82) is 0 Å². The van der Waals surface area contributed by atoms with Crippen molar-refractivity contribution in [2.24, 2.45) is 0 Å². The van der Waals surface area contributed by atoms with Crippen LogP contribution in [-0.2, 0) is 0 Å². The standard InChI is InChI=1S/C31H38O2Si2/c1-23(32)31-27(29(21-34(3,4)5)24-15-11-9-12-16-24)19-26(33-2)20-28(31)30(22-35(6,7)8)25-17-13-10-14-18-25/h9-22H,1-8H3/b29-21+,30-22+. The summed E-state index contributed by atoms with van der Waals surface area (Å²) in [6.45, 7) is 15.6. The van der Waals surface area contributed by atoms with E-state index in [0.717, 1.165) is 44.7 Å². The van der Waals surface area contributed by atoms with E-state index < -0.39 is 16.1 Å². The molecule has 0 amide bonds. The second kappa shape index (κ2) is 10.8. The van der Waals surface area contributed by atoms with E-state index >= 15 is 0 Å². The van der Waals surface area contributed by atoms with Crippen LogP contribution in [0.5, 0.6) is 5.75 Å². The van der Waals surface area contributed by atoms with Crippen LogP contribution in [0.15, 0.2) is 84.2 Å². The Hall–Kier alpha value is -2.96. The van der Waals surface area contributed by atoms with Gasteiger partial charge < -0.3 is 4.74 Å².